The van der Waals surface area contributed by atoms with Crippen LogP contribution in [0.1, 0.15) is 51.2 Å². The third-order valence-corrected chi connectivity index (χ3v) is 6.46. The van der Waals surface area contributed by atoms with Gasteiger partial charge in [0, 0.05) is 30.1 Å². The van der Waals surface area contributed by atoms with E-state index in [1.54, 1.807) is 42.6 Å². The average molecular weight is 618 g/mol. The Bertz CT molecular complexity index is 1520. The number of ether oxygens (including phenoxy) is 3. The lowest BCUT2D eigenvalue weighted by molar-refractivity contribution is 0.140. The molecular weight excluding hydrogens is 581 g/mol. The number of hydrogen-bond acceptors (Lipinski definition) is 6. The summed E-state index contributed by atoms with van der Waals surface area (Å²) in [7, 11) is 2.97. The summed E-state index contributed by atoms with van der Waals surface area (Å²) >= 11 is 0. The first-order valence-electron chi connectivity index (χ1n) is 13.8. The van der Waals surface area contributed by atoms with Gasteiger partial charge >= 0.3 is 0 Å². The highest BCUT2D eigenvalue weighted by Gasteiger charge is 2.23. The van der Waals surface area contributed by atoms with Gasteiger partial charge in [-0.2, -0.15) is 0 Å². The van der Waals surface area contributed by atoms with Crippen LogP contribution in [0, 0.1) is 11.7 Å². The topological polar surface area (TPSA) is 79.5 Å². The standard InChI is InChI=1S/C20H26F2N2O2.C13H10F3NO/c1-13(2)11-20(3,23)12-26-17-6-5-14(9-16(17)19(21)22)15-7-8-24-18(10-15)25-4;1-18-12-7-9(4-5-17-12)8-2-3-11(14)10(6-8)13(15)16/h5-10,13,19H,11-12,23H2,1-4H3;2-7,13H,1H3/t20-;/m0./s1. The minimum absolute atomic E-state index is 0.154. The molecule has 4 aromatic rings. The molecule has 0 saturated heterocycles. The molecule has 2 heterocycles. The zero-order chi connectivity index (χ0) is 32.4. The highest BCUT2D eigenvalue weighted by Crippen LogP contribution is 2.35. The van der Waals surface area contributed by atoms with E-state index < -0.39 is 29.8 Å². The SMILES string of the molecule is COc1cc(-c2ccc(F)c(C(F)F)c2)ccn1.COc1cc(-c2ccc(OC[C@@](C)(N)CC(C)C)c(C(F)F)c2)ccn1. The molecule has 236 valence electrons. The molecule has 0 aliphatic heterocycles. The molecule has 6 nitrogen and oxygen atoms in total. The molecule has 0 saturated carbocycles. The first-order valence-corrected chi connectivity index (χ1v) is 13.8. The summed E-state index contributed by atoms with van der Waals surface area (Å²) in [6.45, 7) is 6.17. The van der Waals surface area contributed by atoms with Crippen LogP contribution in [0.2, 0.25) is 0 Å². The van der Waals surface area contributed by atoms with Gasteiger partial charge in [-0.15, -0.1) is 0 Å². The third-order valence-electron chi connectivity index (χ3n) is 6.46. The minimum Gasteiger partial charge on any atom is -0.491 e. The Morgan fingerprint density at radius 2 is 1.20 bits per heavy atom. The quantitative estimate of drug-likeness (QED) is 0.170. The molecule has 2 aromatic carbocycles. The maximum atomic E-state index is 13.6. The van der Waals surface area contributed by atoms with E-state index >= 15 is 0 Å². The molecule has 1 atom stereocenters. The molecule has 0 bridgehead atoms. The normalized spacial score (nSPS) is 12.5. The van der Waals surface area contributed by atoms with Crippen LogP contribution in [0.5, 0.6) is 17.5 Å². The number of methoxy groups -OCH3 is 2. The van der Waals surface area contributed by atoms with Crippen molar-refractivity contribution >= 4 is 0 Å². The number of hydrogen-bond donors (Lipinski definition) is 1. The van der Waals surface area contributed by atoms with Crippen LogP contribution in [0.4, 0.5) is 22.0 Å². The molecule has 2 aromatic heterocycles. The lowest BCUT2D eigenvalue weighted by Crippen LogP contribution is -2.43. The summed E-state index contributed by atoms with van der Waals surface area (Å²) in [5, 5.41) is 0. The number of aromatic nitrogens is 2. The molecule has 0 radical (unpaired) electrons. The van der Waals surface area contributed by atoms with Gasteiger partial charge in [0.25, 0.3) is 12.9 Å². The van der Waals surface area contributed by atoms with Crippen molar-refractivity contribution in [1.29, 1.82) is 0 Å². The predicted octanol–water partition coefficient (Wildman–Crippen LogP) is 8.67. The Labute approximate surface area is 254 Å². The molecule has 0 amide bonds. The Balaban J connectivity index is 0.000000257. The second kappa shape index (κ2) is 15.5. The fourth-order valence-electron chi connectivity index (χ4n) is 4.56. The van der Waals surface area contributed by atoms with Crippen LogP contribution in [0.25, 0.3) is 22.3 Å². The van der Waals surface area contributed by atoms with Crippen LogP contribution in [0.3, 0.4) is 0 Å². The lowest BCUT2D eigenvalue weighted by Gasteiger charge is -2.27. The van der Waals surface area contributed by atoms with E-state index in [0.717, 1.165) is 24.1 Å². The van der Waals surface area contributed by atoms with Crippen LogP contribution < -0.4 is 19.9 Å². The Hall–Kier alpha value is -4.25. The van der Waals surface area contributed by atoms with Crippen molar-refractivity contribution in [2.45, 2.75) is 45.6 Å². The zero-order valence-electron chi connectivity index (χ0n) is 25.2. The van der Waals surface area contributed by atoms with Gasteiger partial charge in [-0.05, 0) is 77.9 Å². The number of benzene rings is 2. The van der Waals surface area contributed by atoms with Crippen LogP contribution in [0.15, 0.2) is 73.1 Å². The molecule has 44 heavy (non-hydrogen) atoms. The number of nitrogens with zero attached hydrogens (tertiary/aromatic N) is 2. The molecule has 4 rings (SSSR count). The van der Waals surface area contributed by atoms with Gasteiger partial charge in [-0.3, -0.25) is 0 Å². The molecule has 0 spiro atoms. The number of nitrogens with two attached hydrogens (primary N) is 1. The maximum Gasteiger partial charge on any atom is 0.267 e. The van der Waals surface area contributed by atoms with Gasteiger partial charge in [0.2, 0.25) is 11.8 Å². The van der Waals surface area contributed by atoms with E-state index in [-0.39, 0.29) is 17.9 Å². The highest BCUT2D eigenvalue weighted by atomic mass is 19.3. The highest BCUT2D eigenvalue weighted by molar-refractivity contribution is 5.67. The van der Waals surface area contributed by atoms with E-state index in [9.17, 15) is 22.0 Å². The fourth-order valence-corrected chi connectivity index (χ4v) is 4.56. The van der Waals surface area contributed by atoms with Crippen molar-refractivity contribution in [2.75, 3.05) is 20.8 Å². The predicted molar refractivity (Wildman–Crippen MR) is 160 cm³/mol. The third kappa shape index (κ3) is 9.63. The summed E-state index contributed by atoms with van der Waals surface area (Å²) in [6, 6.07) is 15.0. The fraction of sp³-hybridized carbons (Fsp3) is 0.333. The van der Waals surface area contributed by atoms with Gasteiger partial charge in [0.1, 0.15) is 18.2 Å². The maximum absolute atomic E-state index is 13.6. The van der Waals surface area contributed by atoms with Crippen molar-refractivity contribution in [3.63, 3.8) is 0 Å². The molecule has 0 aliphatic rings. The summed E-state index contributed by atoms with van der Waals surface area (Å²) in [4.78, 5) is 7.94. The van der Waals surface area contributed by atoms with E-state index in [0.29, 0.717) is 34.4 Å². The average Bonchev–Trinajstić information content (AvgIpc) is 2.99. The molecule has 11 heteroatoms. The number of halogens is 5. The van der Waals surface area contributed by atoms with Gasteiger partial charge in [-0.1, -0.05) is 26.0 Å². The molecule has 2 N–H and O–H groups in total. The summed E-state index contributed by atoms with van der Waals surface area (Å²) in [6.07, 6.45) is -1.67. The molecule has 0 unspecified atom stereocenters. The molecular formula is C33H36F5N3O3. The smallest absolute Gasteiger partial charge is 0.267 e. The van der Waals surface area contributed by atoms with Gasteiger partial charge in [0.05, 0.1) is 25.3 Å². The zero-order valence-corrected chi connectivity index (χ0v) is 25.2. The first kappa shape index (κ1) is 34.2. The summed E-state index contributed by atoms with van der Waals surface area (Å²) in [5.41, 5.74) is 7.39. The van der Waals surface area contributed by atoms with E-state index in [1.165, 1.54) is 32.5 Å². The van der Waals surface area contributed by atoms with Crippen LogP contribution in [-0.2, 0) is 0 Å². The van der Waals surface area contributed by atoms with E-state index in [4.69, 9.17) is 19.9 Å². The van der Waals surface area contributed by atoms with Crippen LogP contribution >= 0.6 is 0 Å². The summed E-state index contributed by atoms with van der Waals surface area (Å²) < 4.78 is 81.1. The summed E-state index contributed by atoms with van der Waals surface area (Å²) in [5.74, 6) is 0.441. The lowest BCUT2D eigenvalue weighted by atomic mass is 9.93. The van der Waals surface area contributed by atoms with Gasteiger partial charge < -0.3 is 19.9 Å². The van der Waals surface area contributed by atoms with Crippen molar-refractivity contribution in [1.82, 2.24) is 9.97 Å². The Kier molecular flexibility index (Phi) is 12.0. The van der Waals surface area contributed by atoms with Crippen molar-refractivity contribution < 1.29 is 36.2 Å². The largest absolute Gasteiger partial charge is 0.491 e. The van der Waals surface area contributed by atoms with Crippen LogP contribution in [-0.4, -0.2) is 36.3 Å². The second-order valence-electron chi connectivity index (χ2n) is 10.8. The Morgan fingerprint density at radius 1 is 0.727 bits per heavy atom. The monoisotopic (exact) mass is 617 g/mol. The second-order valence-corrected chi connectivity index (χ2v) is 10.8. The van der Waals surface area contributed by atoms with Gasteiger partial charge in [-0.25, -0.2) is 31.9 Å². The van der Waals surface area contributed by atoms with Gasteiger partial charge in [0.15, 0.2) is 0 Å². The van der Waals surface area contributed by atoms with Crippen molar-refractivity contribution in [3.05, 3.63) is 90.0 Å². The number of rotatable bonds is 11. The Morgan fingerprint density at radius 3 is 1.68 bits per heavy atom. The first-order chi connectivity index (χ1) is 20.8. The van der Waals surface area contributed by atoms with Crippen molar-refractivity contribution in [3.8, 4) is 39.8 Å². The van der Waals surface area contributed by atoms with Crippen molar-refractivity contribution in [2.24, 2.45) is 11.7 Å². The molecule has 0 aliphatic carbocycles. The number of alkyl halides is 4. The van der Waals surface area contributed by atoms with E-state index in [2.05, 4.69) is 23.8 Å². The molecule has 0 fully saturated rings. The van der Waals surface area contributed by atoms with E-state index in [1.807, 2.05) is 6.92 Å². The number of pyridine rings is 2. The minimum atomic E-state index is -2.84.